The summed E-state index contributed by atoms with van der Waals surface area (Å²) in [7, 11) is 2.05. The molecule has 27 heavy (non-hydrogen) atoms. The molecule has 1 unspecified atom stereocenters. The highest BCUT2D eigenvalue weighted by atomic mass is 16.2. The lowest BCUT2D eigenvalue weighted by Gasteiger charge is -2.33. The Morgan fingerprint density at radius 3 is 2.37 bits per heavy atom. The molecular formula is C22H32N4O+2. The molecule has 1 aliphatic heterocycles. The lowest BCUT2D eigenvalue weighted by Crippen LogP contribution is -3.14. The maximum atomic E-state index is 12.3. The van der Waals surface area contributed by atoms with Crippen molar-refractivity contribution in [1.82, 2.24) is 0 Å². The number of benzene rings is 2. The van der Waals surface area contributed by atoms with Crippen LogP contribution in [0.5, 0.6) is 0 Å². The fourth-order valence-electron chi connectivity index (χ4n) is 3.68. The van der Waals surface area contributed by atoms with Gasteiger partial charge in [-0.25, -0.2) is 0 Å². The molecule has 0 aliphatic carbocycles. The Labute approximate surface area is 162 Å². The van der Waals surface area contributed by atoms with Crippen molar-refractivity contribution in [1.29, 1.82) is 0 Å². The summed E-state index contributed by atoms with van der Waals surface area (Å²) >= 11 is 0. The van der Waals surface area contributed by atoms with Crippen molar-refractivity contribution in [2.45, 2.75) is 13.5 Å². The highest BCUT2D eigenvalue weighted by Crippen LogP contribution is 2.17. The third kappa shape index (κ3) is 5.81. The number of piperazine rings is 1. The number of hydrogen-bond acceptors (Lipinski definition) is 2. The van der Waals surface area contributed by atoms with Gasteiger partial charge in [0.25, 0.3) is 5.91 Å². The van der Waals surface area contributed by atoms with Gasteiger partial charge in [0.1, 0.15) is 6.54 Å². The van der Waals surface area contributed by atoms with Crippen molar-refractivity contribution in [3.63, 3.8) is 0 Å². The van der Waals surface area contributed by atoms with Gasteiger partial charge in [-0.3, -0.25) is 4.79 Å². The summed E-state index contributed by atoms with van der Waals surface area (Å²) in [4.78, 5) is 17.6. The third-order valence-corrected chi connectivity index (χ3v) is 5.30. The molecule has 0 saturated carbocycles. The molecule has 2 aromatic carbocycles. The second kappa shape index (κ2) is 9.53. The van der Waals surface area contributed by atoms with Crippen molar-refractivity contribution < 1.29 is 14.6 Å². The van der Waals surface area contributed by atoms with Gasteiger partial charge in [-0.2, -0.15) is 0 Å². The summed E-state index contributed by atoms with van der Waals surface area (Å²) < 4.78 is 0. The second-order valence-corrected chi connectivity index (χ2v) is 7.48. The van der Waals surface area contributed by atoms with Crippen LogP contribution in [-0.2, 0) is 11.3 Å². The largest absolute Gasteiger partial charge is 0.360 e. The van der Waals surface area contributed by atoms with Gasteiger partial charge in [0.15, 0.2) is 6.54 Å². The van der Waals surface area contributed by atoms with Gasteiger partial charge in [0, 0.05) is 16.9 Å². The van der Waals surface area contributed by atoms with Crippen LogP contribution in [0.15, 0.2) is 54.6 Å². The van der Waals surface area contributed by atoms with E-state index in [4.69, 9.17) is 0 Å². The summed E-state index contributed by atoms with van der Waals surface area (Å²) in [5.41, 5.74) is 3.36. The average molecular weight is 369 g/mol. The molecule has 0 radical (unpaired) electrons. The SMILES string of the molecule is CC[NH+]1CCN(c2ccc(NC(=O)C[NH+](C)Cc3ccccc3)cc2)CC1. The number of hydrogen-bond donors (Lipinski definition) is 3. The molecule has 2 aromatic rings. The summed E-state index contributed by atoms with van der Waals surface area (Å²) in [5.74, 6) is 0.0522. The van der Waals surface area contributed by atoms with Gasteiger partial charge in [-0.05, 0) is 31.2 Å². The molecule has 1 fully saturated rings. The number of carbonyl (C=O) groups excluding carboxylic acids is 1. The fourth-order valence-corrected chi connectivity index (χ4v) is 3.68. The van der Waals surface area contributed by atoms with Crippen LogP contribution in [0.25, 0.3) is 0 Å². The molecule has 0 aromatic heterocycles. The number of nitrogens with one attached hydrogen (secondary N) is 3. The number of amides is 1. The lowest BCUT2D eigenvalue weighted by molar-refractivity contribution is -0.898. The maximum absolute atomic E-state index is 12.3. The van der Waals surface area contributed by atoms with Crippen LogP contribution in [0.3, 0.4) is 0 Å². The minimum Gasteiger partial charge on any atom is -0.360 e. The summed E-state index contributed by atoms with van der Waals surface area (Å²) in [6.45, 7) is 9.36. The van der Waals surface area contributed by atoms with Gasteiger partial charge in [-0.15, -0.1) is 0 Å². The van der Waals surface area contributed by atoms with E-state index in [2.05, 4.69) is 41.4 Å². The predicted octanol–water partition coefficient (Wildman–Crippen LogP) is 0.0648. The highest BCUT2D eigenvalue weighted by molar-refractivity contribution is 5.91. The Morgan fingerprint density at radius 2 is 1.74 bits per heavy atom. The molecule has 1 saturated heterocycles. The normalized spacial score (nSPS) is 16.1. The predicted molar refractivity (Wildman–Crippen MR) is 110 cm³/mol. The first kappa shape index (κ1) is 19.4. The zero-order valence-corrected chi connectivity index (χ0v) is 16.5. The van der Waals surface area contributed by atoms with Crippen molar-refractivity contribution >= 4 is 17.3 Å². The molecule has 5 heteroatoms. The molecule has 1 atom stereocenters. The quantitative estimate of drug-likeness (QED) is 0.647. The van der Waals surface area contributed by atoms with Crippen molar-refractivity contribution in [3.8, 4) is 0 Å². The van der Waals surface area contributed by atoms with Crippen LogP contribution in [0.4, 0.5) is 11.4 Å². The number of rotatable bonds is 7. The Kier molecular flexibility index (Phi) is 6.85. The third-order valence-electron chi connectivity index (χ3n) is 5.30. The Hall–Kier alpha value is -2.37. The van der Waals surface area contributed by atoms with Gasteiger partial charge in [0.05, 0.1) is 39.8 Å². The van der Waals surface area contributed by atoms with Gasteiger partial charge < -0.3 is 20.0 Å². The maximum Gasteiger partial charge on any atom is 0.279 e. The van der Waals surface area contributed by atoms with E-state index < -0.39 is 0 Å². The van der Waals surface area contributed by atoms with Gasteiger partial charge >= 0.3 is 0 Å². The topological polar surface area (TPSA) is 41.2 Å². The Bertz CT molecular complexity index is 709. The Balaban J connectivity index is 1.47. The molecular weight excluding hydrogens is 336 g/mol. The first-order valence-corrected chi connectivity index (χ1v) is 9.97. The number of nitrogens with zero attached hydrogens (tertiary/aromatic N) is 1. The molecule has 1 amide bonds. The van der Waals surface area contributed by atoms with E-state index in [1.165, 1.54) is 35.8 Å². The number of quaternary nitrogens is 2. The molecule has 1 heterocycles. The van der Waals surface area contributed by atoms with E-state index in [9.17, 15) is 4.79 Å². The molecule has 3 N–H and O–H groups in total. The first-order valence-electron chi connectivity index (χ1n) is 9.97. The van der Waals surface area contributed by atoms with Crippen LogP contribution >= 0.6 is 0 Å². The first-order chi connectivity index (χ1) is 13.1. The summed E-state index contributed by atoms with van der Waals surface area (Å²) in [6, 6.07) is 18.5. The van der Waals surface area contributed by atoms with Crippen LogP contribution < -0.4 is 20.0 Å². The molecule has 1 aliphatic rings. The standard InChI is InChI=1S/C22H30N4O/c1-3-25-13-15-26(16-14-25)21-11-9-20(10-12-21)23-22(27)18-24(2)17-19-7-5-4-6-8-19/h4-12H,3,13-18H2,1-2H3,(H,23,27)/p+2. The van der Waals surface area contributed by atoms with E-state index >= 15 is 0 Å². The van der Waals surface area contributed by atoms with Crippen LogP contribution in [-0.4, -0.2) is 52.2 Å². The number of likely N-dealkylation sites (N-methyl/N-ethyl adjacent to an activating group) is 2. The Morgan fingerprint density at radius 1 is 1.07 bits per heavy atom. The molecule has 3 rings (SSSR count). The second-order valence-electron chi connectivity index (χ2n) is 7.48. The smallest absolute Gasteiger partial charge is 0.279 e. The molecule has 0 bridgehead atoms. The van der Waals surface area contributed by atoms with E-state index in [0.29, 0.717) is 6.54 Å². The lowest BCUT2D eigenvalue weighted by atomic mass is 10.2. The van der Waals surface area contributed by atoms with E-state index in [0.717, 1.165) is 25.3 Å². The molecule has 144 valence electrons. The van der Waals surface area contributed by atoms with E-state index in [-0.39, 0.29) is 5.91 Å². The number of carbonyl (C=O) groups is 1. The zero-order chi connectivity index (χ0) is 19.1. The van der Waals surface area contributed by atoms with Crippen LogP contribution in [0.2, 0.25) is 0 Å². The average Bonchev–Trinajstić information content (AvgIpc) is 2.69. The van der Waals surface area contributed by atoms with Crippen LogP contribution in [0.1, 0.15) is 12.5 Å². The van der Waals surface area contributed by atoms with E-state index in [1.54, 1.807) is 4.90 Å². The zero-order valence-electron chi connectivity index (χ0n) is 16.5. The fraction of sp³-hybridized carbons (Fsp3) is 0.409. The number of anilines is 2. The monoisotopic (exact) mass is 368 g/mol. The summed E-state index contributed by atoms with van der Waals surface area (Å²) in [6.07, 6.45) is 0. The minimum atomic E-state index is 0.0522. The van der Waals surface area contributed by atoms with Crippen molar-refractivity contribution in [2.75, 3.05) is 56.5 Å². The van der Waals surface area contributed by atoms with Crippen LogP contribution in [0, 0.1) is 0 Å². The minimum absolute atomic E-state index is 0.0522. The van der Waals surface area contributed by atoms with Gasteiger partial charge in [-0.1, -0.05) is 30.3 Å². The van der Waals surface area contributed by atoms with Crippen molar-refractivity contribution in [2.24, 2.45) is 0 Å². The van der Waals surface area contributed by atoms with E-state index in [1.807, 2.05) is 37.4 Å². The van der Waals surface area contributed by atoms with Crippen molar-refractivity contribution in [3.05, 3.63) is 60.2 Å². The molecule has 0 spiro atoms. The molecule has 5 nitrogen and oxygen atoms in total. The highest BCUT2D eigenvalue weighted by Gasteiger charge is 2.18. The van der Waals surface area contributed by atoms with Gasteiger partial charge in [0.2, 0.25) is 0 Å². The summed E-state index contributed by atoms with van der Waals surface area (Å²) in [5, 5.41) is 3.02.